The van der Waals surface area contributed by atoms with Gasteiger partial charge in [0.15, 0.2) is 5.96 Å². The highest BCUT2D eigenvalue weighted by atomic mass is 127. The lowest BCUT2D eigenvalue weighted by Crippen LogP contribution is -2.36. The van der Waals surface area contributed by atoms with Crippen LogP contribution in [-0.4, -0.2) is 43.5 Å². The highest BCUT2D eigenvalue weighted by Crippen LogP contribution is 2.17. The minimum absolute atomic E-state index is 0. The predicted molar refractivity (Wildman–Crippen MR) is 134 cm³/mol. The maximum atomic E-state index is 12.4. The molecule has 2 N–H and O–H groups in total. The van der Waals surface area contributed by atoms with Crippen molar-refractivity contribution in [3.8, 4) is 5.75 Å². The molecule has 0 spiro atoms. The van der Waals surface area contributed by atoms with E-state index >= 15 is 0 Å². The third kappa shape index (κ3) is 7.51. The number of aliphatic imine (C=N–C) groups is 1. The number of halogens is 1. The second-order valence-corrected chi connectivity index (χ2v) is 6.49. The molecule has 2 rings (SSSR count). The molecule has 0 saturated carbocycles. The van der Waals surface area contributed by atoms with E-state index in [2.05, 4.69) is 15.6 Å². The maximum Gasteiger partial charge on any atom is 0.253 e. The van der Waals surface area contributed by atoms with Crippen LogP contribution in [-0.2, 0) is 13.1 Å². The Morgan fingerprint density at radius 1 is 0.967 bits per heavy atom. The number of ether oxygens (including phenoxy) is 1. The number of amides is 1. The molecule has 0 bridgehead atoms. The van der Waals surface area contributed by atoms with E-state index in [-0.39, 0.29) is 29.9 Å². The van der Waals surface area contributed by atoms with Gasteiger partial charge in [0.2, 0.25) is 0 Å². The third-order valence-corrected chi connectivity index (χ3v) is 4.65. The van der Waals surface area contributed by atoms with E-state index in [0.29, 0.717) is 44.3 Å². The summed E-state index contributed by atoms with van der Waals surface area (Å²) in [7, 11) is 1.75. The molecule has 0 radical (unpaired) electrons. The molecule has 0 aliphatic carbocycles. The number of guanidine groups is 1. The van der Waals surface area contributed by atoms with Gasteiger partial charge in [-0.25, -0.2) is 0 Å². The lowest BCUT2D eigenvalue weighted by molar-refractivity contribution is 0.0773. The Labute approximate surface area is 197 Å². The van der Waals surface area contributed by atoms with Crippen LogP contribution in [0.3, 0.4) is 0 Å². The largest absolute Gasteiger partial charge is 0.494 e. The van der Waals surface area contributed by atoms with Crippen LogP contribution in [0.5, 0.6) is 5.75 Å². The fourth-order valence-corrected chi connectivity index (χ4v) is 2.99. The number of carbonyl (C=O) groups is 1. The topological polar surface area (TPSA) is 66.0 Å². The van der Waals surface area contributed by atoms with Crippen LogP contribution in [0.1, 0.15) is 42.3 Å². The van der Waals surface area contributed by atoms with Crippen molar-refractivity contribution < 1.29 is 9.53 Å². The van der Waals surface area contributed by atoms with E-state index < -0.39 is 0 Å². The predicted octanol–water partition coefficient (Wildman–Crippen LogP) is 4.05. The van der Waals surface area contributed by atoms with Crippen molar-refractivity contribution in [2.24, 2.45) is 4.99 Å². The fourth-order valence-electron chi connectivity index (χ4n) is 2.99. The van der Waals surface area contributed by atoms with Crippen molar-refractivity contribution in [2.45, 2.75) is 33.9 Å². The van der Waals surface area contributed by atoms with Gasteiger partial charge in [-0.05, 0) is 44.5 Å². The second-order valence-electron chi connectivity index (χ2n) is 6.49. The average Bonchev–Trinajstić information content (AvgIpc) is 2.76. The first-order valence-corrected chi connectivity index (χ1v) is 10.2. The molecule has 0 aliphatic rings. The van der Waals surface area contributed by atoms with Crippen LogP contribution < -0.4 is 15.4 Å². The summed E-state index contributed by atoms with van der Waals surface area (Å²) in [5.41, 5.74) is 2.88. The SMILES string of the molecule is CCOc1ccccc1CNC(=NC)NCc1ccc(C(=O)N(CC)CC)cc1.I. The molecule has 0 aliphatic heterocycles. The number of nitrogens with zero attached hydrogens (tertiary/aromatic N) is 2. The summed E-state index contributed by atoms with van der Waals surface area (Å²) in [6.45, 7) is 9.26. The normalized spacial score (nSPS) is 10.7. The molecular weight excluding hydrogens is 491 g/mol. The molecule has 2 aromatic carbocycles. The molecule has 0 unspecified atom stereocenters. The third-order valence-electron chi connectivity index (χ3n) is 4.65. The number of para-hydroxylation sites is 1. The molecule has 164 valence electrons. The van der Waals surface area contributed by atoms with Crippen LogP contribution in [0.25, 0.3) is 0 Å². The molecule has 0 heterocycles. The molecule has 6 nitrogen and oxygen atoms in total. The summed E-state index contributed by atoms with van der Waals surface area (Å²) < 4.78 is 5.66. The van der Waals surface area contributed by atoms with Crippen LogP contribution in [0, 0.1) is 0 Å². The van der Waals surface area contributed by atoms with Crippen molar-refractivity contribution in [3.63, 3.8) is 0 Å². The van der Waals surface area contributed by atoms with E-state index in [1.165, 1.54) is 0 Å². The smallest absolute Gasteiger partial charge is 0.253 e. The molecule has 0 fully saturated rings. The molecule has 0 atom stereocenters. The molecule has 2 aromatic rings. The zero-order chi connectivity index (χ0) is 21.1. The fraction of sp³-hybridized carbons (Fsp3) is 0.391. The highest BCUT2D eigenvalue weighted by Gasteiger charge is 2.12. The lowest BCUT2D eigenvalue weighted by Gasteiger charge is -2.18. The van der Waals surface area contributed by atoms with E-state index in [0.717, 1.165) is 16.9 Å². The van der Waals surface area contributed by atoms with Gasteiger partial charge in [-0.15, -0.1) is 24.0 Å². The van der Waals surface area contributed by atoms with Gasteiger partial charge in [-0.3, -0.25) is 9.79 Å². The highest BCUT2D eigenvalue weighted by molar-refractivity contribution is 14.0. The second kappa shape index (κ2) is 13.8. The van der Waals surface area contributed by atoms with E-state index in [1.807, 2.05) is 74.2 Å². The zero-order valence-corrected chi connectivity index (χ0v) is 20.6. The zero-order valence-electron chi connectivity index (χ0n) is 18.3. The monoisotopic (exact) mass is 524 g/mol. The molecule has 1 amide bonds. The Balaban J connectivity index is 0.00000450. The number of benzene rings is 2. The molecule has 0 aromatic heterocycles. The van der Waals surface area contributed by atoms with Crippen LogP contribution in [0.4, 0.5) is 0 Å². The van der Waals surface area contributed by atoms with E-state index in [4.69, 9.17) is 4.74 Å². The van der Waals surface area contributed by atoms with Crippen molar-refractivity contribution in [3.05, 3.63) is 65.2 Å². The summed E-state index contributed by atoms with van der Waals surface area (Å²) in [5.74, 6) is 1.66. The lowest BCUT2D eigenvalue weighted by atomic mass is 10.1. The summed E-state index contributed by atoms with van der Waals surface area (Å²) in [5, 5.41) is 6.62. The average molecular weight is 524 g/mol. The van der Waals surface area contributed by atoms with Crippen LogP contribution in [0.2, 0.25) is 0 Å². The van der Waals surface area contributed by atoms with Crippen LogP contribution >= 0.6 is 24.0 Å². The quantitative estimate of drug-likeness (QED) is 0.295. The Morgan fingerprint density at radius 2 is 1.60 bits per heavy atom. The molecule has 30 heavy (non-hydrogen) atoms. The van der Waals surface area contributed by atoms with Gasteiger partial charge in [-0.2, -0.15) is 0 Å². The van der Waals surface area contributed by atoms with Gasteiger partial charge >= 0.3 is 0 Å². The number of rotatable bonds is 9. The van der Waals surface area contributed by atoms with E-state index in [9.17, 15) is 4.79 Å². The Bertz CT molecular complexity index is 805. The van der Waals surface area contributed by atoms with Gasteiger partial charge in [-0.1, -0.05) is 30.3 Å². The van der Waals surface area contributed by atoms with Crippen molar-refractivity contribution in [1.82, 2.24) is 15.5 Å². The molecule has 0 saturated heterocycles. The minimum atomic E-state index is 0. The van der Waals surface area contributed by atoms with Gasteiger partial charge in [0.1, 0.15) is 5.75 Å². The van der Waals surface area contributed by atoms with Gasteiger partial charge < -0.3 is 20.3 Å². The van der Waals surface area contributed by atoms with Crippen molar-refractivity contribution >= 4 is 35.8 Å². The first-order valence-electron chi connectivity index (χ1n) is 10.2. The summed E-state index contributed by atoms with van der Waals surface area (Å²) in [6, 6.07) is 15.7. The van der Waals surface area contributed by atoms with Crippen molar-refractivity contribution in [2.75, 3.05) is 26.7 Å². The Kier molecular flexibility index (Phi) is 11.9. The van der Waals surface area contributed by atoms with Crippen molar-refractivity contribution in [1.29, 1.82) is 0 Å². The molecule has 7 heteroatoms. The van der Waals surface area contributed by atoms with Gasteiger partial charge in [0.25, 0.3) is 5.91 Å². The van der Waals surface area contributed by atoms with E-state index in [1.54, 1.807) is 7.05 Å². The summed E-state index contributed by atoms with van der Waals surface area (Å²) >= 11 is 0. The first kappa shape index (κ1) is 25.7. The number of nitrogens with one attached hydrogen (secondary N) is 2. The Hall–Kier alpha value is -2.29. The first-order chi connectivity index (χ1) is 14.1. The maximum absolute atomic E-state index is 12.4. The van der Waals surface area contributed by atoms with Gasteiger partial charge in [0.05, 0.1) is 6.61 Å². The number of carbonyl (C=O) groups excluding carboxylic acids is 1. The Morgan fingerprint density at radius 3 is 2.20 bits per heavy atom. The van der Waals surface area contributed by atoms with Gasteiger partial charge in [0, 0.05) is 44.4 Å². The summed E-state index contributed by atoms with van der Waals surface area (Å²) in [6.07, 6.45) is 0. The standard InChI is InChI=1S/C23H32N4O2.HI/c1-5-27(6-2)22(28)19-14-12-18(13-15-19)16-25-23(24-4)26-17-20-10-8-9-11-21(20)29-7-3;/h8-15H,5-7,16-17H2,1-4H3,(H2,24,25,26);1H. The summed E-state index contributed by atoms with van der Waals surface area (Å²) in [4.78, 5) is 18.5. The molecular formula is C23H33IN4O2. The number of hydrogen-bond acceptors (Lipinski definition) is 3. The van der Waals surface area contributed by atoms with Crippen LogP contribution in [0.15, 0.2) is 53.5 Å². The number of hydrogen-bond donors (Lipinski definition) is 2. The minimum Gasteiger partial charge on any atom is -0.494 e.